The van der Waals surface area contributed by atoms with Crippen molar-refractivity contribution in [1.82, 2.24) is 10.1 Å². The molecular weight excluding hydrogens is 278 g/mol. The van der Waals surface area contributed by atoms with Crippen LogP contribution in [0.4, 0.5) is 5.69 Å². The Morgan fingerprint density at radius 2 is 1.86 bits per heavy atom. The first-order valence-corrected chi connectivity index (χ1v) is 7.62. The van der Waals surface area contributed by atoms with Crippen molar-refractivity contribution in [1.29, 1.82) is 0 Å². The first-order valence-electron chi connectivity index (χ1n) is 7.62. The van der Waals surface area contributed by atoms with Crippen molar-refractivity contribution in [3.63, 3.8) is 0 Å². The Labute approximate surface area is 130 Å². The fourth-order valence-corrected chi connectivity index (χ4v) is 2.78. The highest BCUT2D eigenvalue weighted by Crippen LogP contribution is 2.18. The molecule has 0 N–H and O–H groups in total. The molecule has 0 unspecified atom stereocenters. The Kier molecular flexibility index (Phi) is 4.24. The van der Waals surface area contributed by atoms with Gasteiger partial charge in [-0.1, -0.05) is 5.16 Å². The van der Waals surface area contributed by atoms with E-state index >= 15 is 0 Å². The molecule has 22 heavy (non-hydrogen) atoms. The largest absolute Gasteiger partial charge is 0.369 e. The highest BCUT2D eigenvalue weighted by Gasteiger charge is 2.18. The Balaban J connectivity index is 1.56. The third-order valence-electron chi connectivity index (χ3n) is 4.07. The highest BCUT2D eigenvalue weighted by molar-refractivity contribution is 5.94. The van der Waals surface area contributed by atoms with E-state index in [0.717, 1.165) is 49.7 Å². The maximum atomic E-state index is 11.3. The summed E-state index contributed by atoms with van der Waals surface area (Å²) in [6, 6.07) is 9.87. The molecule has 3 rings (SSSR count). The number of rotatable bonds is 4. The number of ketones is 1. The van der Waals surface area contributed by atoms with Gasteiger partial charge in [-0.15, -0.1) is 0 Å². The van der Waals surface area contributed by atoms with Gasteiger partial charge in [0, 0.05) is 43.5 Å². The zero-order valence-electron chi connectivity index (χ0n) is 13.1. The van der Waals surface area contributed by atoms with Crippen molar-refractivity contribution >= 4 is 11.5 Å². The number of carbonyl (C=O) groups excluding carboxylic acids is 1. The lowest BCUT2D eigenvalue weighted by molar-refractivity contribution is 0.101. The van der Waals surface area contributed by atoms with Gasteiger partial charge >= 0.3 is 0 Å². The van der Waals surface area contributed by atoms with E-state index in [0.29, 0.717) is 0 Å². The molecule has 2 heterocycles. The number of aryl methyl sites for hydroxylation is 1. The standard InChI is InChI=1S/C17H21N3O2/c1-13-11-17(22-18-13)12-19-7-9-20(10-8-19)16-5-3-15(4-6-16)14(2)21/h3-6,11H,7-10,12H2,1-2H3. The molecule has 5 nitrogen and oxygen atoms in total. The molecule has 5 heteroatoms. The average Bonchev–Trinajstić information content (AvgIpc) is 2.93. The maximum Gasteiger partial charge on any atom is 0.159 e. The highest BCUT2D eigenvalue weighted by atomic mass is 16.5. The second-order valence-corrected chi connectivity index (χ2v) is 5.80. The molecule has 1 saturated heterocycles. The minimum absolute atomic E-state index is 0.110. The summed E-state index contributed by atoms with van der Waals surface area (Å²) in [5.41, 5.74) is 2.88. The number of anilines is 1. The van der Waals surface area contributed by atoms with E-state index in [2.05, 4.69) is 15.0 Å². The van der Waals surface area contributed by atoms with E-state index in [1.807, 2.05) is 37.3 Å². The van der Waals surface area contributed by atoms with E-state index in [1.165, 1.54) is 5.69 Å². The molecule has 1 fully saturated rings. The van der Waals surface area contributed by atoms with Crippen molar-refractivity contribution in [3.05, 3.63) is 47.3 Å². The van der Waals surface area contributed by atoms with Crippen LogP contribution in [0.3, 0.4) is 0 Å². The Morgan fingerprint density at radius 1 is 1.18 bits per heavy atom. The maximum absolute atomic E-state index is 11.3. The van der Waals surface area contributed by atoms with Gasteiger partial charge in [0.1, 0.15) is 0 Å². The molecular formula is C17H21N3O2. The summed E-state index contributed by atoms with van der Waals surface area (Å²) in [6.45, 7) is 8.30. The number of nitrogens with zero attached hydrogens (tertiary/aromatic N) is 3. The first-order chi connectivity index (χ1) is 10.6. The summed E-state index contributed by atoms with van der Waals surface area (Å²) < 4.78 is 5.28. The van der Waals surface area contributed by atoms with E-state index in [9.17, 15) is 4.79 Å². The topological polar surface area (TPSA) is 49.6 Å². The second kappa shape index (κ2) is 6.32. The van der Waals surface area contributed by atoms with Crippen molar-refractivity contribution in [2.24, 2.45) is 0 Å². The molecule has 1 aromatic heterocycles. The molecule has 0 saturated carbocycles. The van der Waals surface area contributed by atoms with Crippen LogP contribution in [0.5, 0.6) is 0 Å². The fourth-order valence-electron chi connectivity index (χ4n) is 2.78. The fraction of sp³-hybridized carbons (Fsp3) is 0.412. The molecule has 0 bridgehead atoms. The van der Waals surface area contributed by atoms with E-state index in [4.69, 9.17) is 4.52 Å². The van der Waals surface area contributed by atoms with E-state index in [-0.39, 0.29) is 5.78 Å². The van der Waals surface area contributed by atoms with Crippen LogP contribution >= 0.6 is 0 Å². The number of hydrogen-bond acceptors (Lipinski definition) is 5. The van der Waals surface area contributed by atoms with Gasteiger partial charge in [-0.2, -0.15) is 0 Å². The minimum Gasteiger partial charge on any atom is -0.369 e. The summed E-state index contributed by atoms with van der Waals surface area (Å²) in [5, 5.41) is 3.93. The third-order valence-corrected chi connectivity index (χ3v) is 4.07. The number of benzene rings is 1. The molecule has 1 aliphatic rings. The zero-order valence-corrected chi connectivity index (χ0v) is 13.1. The smallest absolute Gasteiger partial charge is 0.159 e. The minimum atomic E-state index is 0.110. The lowest BCUT2D eigenvalue weighted by atomic mass is 10.1. The molecule has 1 aliphatic heterocycles. The second-order valence-electron chi connectivity index (χ2n) is 5.80. The van der Waals surface area contributed by atoms with Gasteiger partial charge in [-0.3, -0.25) is 9.69 Å². The number of piperazine rings is 1. The van der Waals surface area contributed by atoms with Crippen LogP contribution in [0.25, 0.3) is 0 Å². The molecule has 0 atom stereocenters. The van der Waals surface area contributed by atoms with Gasteiger partial charge < -0.3 is 9.42 Å². The third kappa shape index (κ3) is 3.36. The van der Waals surface area contributed by atoms with Gasteiger partial charge in [-0.05, 0) is 38.1 Å². The quantitative estimate of drug-likeness (QED) is 0.812. The predicted molar refractivity (Wildman–Crippen MR) is 85.2 cm³/mol. The van der Waals surface area contributed by atoms with Crippen LogP contribution in [0.15, 0.2) is 34.9 Å². The van der Waals surface area contributed by atoms with Gasteiger partial charge in [0.2, 0.25) is 0 Å². The number of hydrogen-bond donors (Lipinski definition) is 0. The summed E-state index contributed by atoms with van der Waals surface area (Å²) in [7, 11) is 0. The SMILES string of the molecule is CC(=O)c1ccc(N2CCN(Cc3cc(C)no3)CC2)cc1. The van der Waals surface area contributed by atoms with Gasteiger partial charge in [0.05, 0.1) is 12.2 Å². The number of carbonyl (C=O) groups is 1. The Hall–Kier alpha value is -2.14. The predicted octanol–water partition coefficient (Wildman–Crippen LogP) is 2.51. The molecule has 116 valence electrons. The van der Waals surface area contributed by atoms with Crippen molar-refractivity contribution in [2.75, 3.05) is 31.1 Å². The Bertz CT molecular complexity index is 640. The molecule has 0 aliphatic carbocycles. The number of aromatic nitrogens is 1. The monoisotopic (exact) mass is 299 g/mol. The summed E-state index contributed by atoms with van der Waals surface area (Å²) in [5.74, 6) is 1.04. The molecule has 2 aromatic rings. The summed E-state index contributed by atoms with van der Waals surface area (Å²) in [4.78, 5) is 16.0. The van der Waals surface area contributed by atoms with E-state index in [1.54, 1.807) is 6.92 Å². The molecule has 1 aromatic carbocycles. The van der Waals surface area contributed by atoms with Crippen LogP contribution < -0.4 is 4.90 Å². The lowest BCUT2D eigenvalue weighted by Crippen LogP contribution is -2.45. The van der Waals surface area contributed by atoms with Crippen LogP contribution in [0.2, 0.25) is 0 Å². The van der Waals surface area contributed by atoms with Crippen LogP contribution in [-0.2, 0) is 6.54 Å². The molecule has 0 spiro atoms. The van der Waals surface area contributed by atoms with Crippen molar-refractivity contribution < 1.29 is 9.32 Å². The molecule has 0 radical (unpaired) electrons. The summed E-state index contributed by atoms with van der Waals surface area (Å²) in [6.07, 6.45) is 0. The van der Waals surface area contributed by atoms with Gasteiger partial charge in [0.15, 0.2) is 11.5 Å². The average molecular weight is 299 g/mol. The summed E-state index contributed by atoms with van der Waals surface area (Å²) >= 11 is 0. The lowest BCUT2D eigenvalue weighted by Gasteiger charge is -2.35. The zero-order chi connectivity index (χ0) is 15.5. The Morgan fingerprint density at radius 3 is 2.41 bits per heavy atom. The van der Waals surface area contributed by atoms with Crippen molar-refractivity contribution in [2.45, 2.75) is 20.4 Å². The van der Waals surface area contributed by atoms with Crippen LogP contribution in [0.1, 0.15) is 28.7 Å². The van der Waals surface area contributed by atoms with Crippen LogP contribution in [-0.4, -0.2) is 42.0 Å². The number of Topliss-reactive ketones (excluding diaryl/α,β-unsaturated/α-hetero) is 1. The first kappa shape index (κ1) is 14.8. The van der Waals surface area contributed by atoms with E-state index < -0.39 is 0 Å². The van der Waals surface area contributed by atoms with Crippen molar-refractivity contribution in [3.8, 4) is 0 Å². The van der Waals surface area contributed by atoms with Gasteiger partial charge in [-0.25, -0.2) is 0 Å². The normalized spacial score (nSPS) is 16.0. The molecule has 0 amide bonds. The van der Waals surface area contributed by atoms with Gasteiger partial charge in [0.25, 0.3) is 0 Å². The van der Waals surface area contributed by atoms with Crippen LogP contribution in [0, 0.1) is 6.92 Å².